The van der Waals surface area contributed by atoms with E-state index >= 15 is 0 Å². The van der Waals surface area contributed by atoms with Gasteiger partial charge in [0.25, 0.3) is 0 Å². The maximum absolute atomic E-state index is 12.1. The molecular formula is C14H18BrN3O. The lowest BCUT2D eigenvalue weighted by Crippen LogP contribution is -2.48. The van der Waals surface area contributed by atoms with Crippen LogP contribution in [0.3, 0.4) is 0 Å². The van der Waals surface area contributed by atoms with Gasteiger partial charge < -0.3 is 15.1 Å². The zero-order valence-electron chi connectivity index (χ0n) is 11.0. The van der Waals surface area contributed by atoms with E-state index in [4.69, 9.17) is 0 Å². The number of hydrogen-bond acceptors (Lipinski definition) is 3. The maximum Gasteiger partial charge on any atom is 0.246 e. The molecule has 2 aliphatic heterocycles. The third kappa shape index (κ3) is 2.49. The molecule has 1 atom stereocenters. The fourth-order valence-electron chi connectivity index (χ4n) is 2.86. The molecule has 5 heteroatoms. The Hall–Kier alpha value is -1.07. The molecule has 0 bridgehead atoms. The van der Waals surface area contributed by atoms with E-state index in [0.717, 1.165) is 28.9 Å². The fraction of sp³-hybridized carbons (Fsp3) is 0.500. The topological polar surface area (TPSA) is 35.6 Å². The molecule has 1 N–H and O–H groups in total. The number of benzene rings is 1. The van der Waals surface area contributed by atoms with E-state index in [1.165, 1.54) is 12.8 Å². The Morgan fingerprint density at radius 3 is 3.00 bits per heavy atom. The van der Waals surface area contributed by atoms with Crippen molar-refractivity contribution in [2.45, 2.75) is 18.9 Å². The monoisotopic (exact) mass is 323 g/mol. The van der Waals surface area contributed by atoms with Crippen LogP contribution in [-0.2, 0) is 4.79 Å². The average Bonchev–Trinajstić information content (AvgIpc) is 2.88. The van der Waals surface area contributed by atoms with Crippen LogP contribution in [0, 0.1) is 0 Å². The van der Waals surface area contributed by atoms with Crippen LogP contribution in [0.2, 0.25) is 0 Å². The molecule has 1 aromatic rings. The number of rotatable bonds is 2. The van der Waals surface area contributed by atoms with Crippen molar-refractivity contribution in [3.8, 4) is 0 Å². The summed E-state index contributed by atoms with van der Waals surface area (Å²) in [6.45, 7) is 2.48. The Balaban J connectivity index is 1.89. The normalized spacial score (nSPS) is 22.8. The highest BCUT2D eigenvalue weighted by molar-refractivity contribution is 9.10. The Morgan fingerprint density at radius 1 is 1.42 bits per heavy atom. The SMILES string of the molecule is CN1C(=O)CN(CC2CCCN2)c2ccc(Br)cc21. The van der Waals surface area contributed by atoms with Crippen molar-refractivity contribution in [1.82, 2.24) is 5.32 Å². The second-order valence-corrected chi connectivity index (χ2v) is 6.18. The lowest BCUT2D eigenvalue weighted by Gasteiger charge is -2.37. The Labute approximate surface area is 121 Å². The number of fused-ring (bicyclic) bond motifs is 1. The third-order valence-corrected chi connectivity index (χ3v) is 4.44. The van der Waals surface area contributed by atoms with E-state index in [9.17, 15) is 4.79 Å². The molecule has 1 unspecified atom stereocenters. The van der Waals surface area contributed by atoms with E-state index in [-0.39, 0.29) is 5.91 Å². The van der Waals surface area contributed by atoms with Crippen LogP contribution in [0.1, 0.15) is 12.8 Å². The first-order chi connectivity index (χ1) is 9.15. The highest BCUT2D eigenvalue weighted by Crippen LogP contribution is 2.35. The molecule has 3 rings (SSSR count). The lowest BCUT2D eigenvalue weighted by molar-refractivity contribution is -0.117. The first kappa shape index (κ1) is 12.9. The zero-order chi connectivity index (χ0) is 13.4. The second kappa shape index (κ2) is 5.13. The molecule has 0 saturated carbocycles. The van der Waals surface area contributed by atoms with Gasteiger partial charge in [-0.1, -0.05) is 15.9 Å². The molecule has 1 saturated heterocycles. The third-order valence-electron chi connectivity index (χ3n) is 3.94. The highest BCUT2D eigenvalue weighted by atomic mass is 79.9. The van der Waals surface area contributed by atoms with E-state index < -0.39 is 0 Å². The zero-order valence-corrected chi connectivity index (χ0v) is 12.6. The van der Waals surface area contributed by atoms with E-state index in [1.807, 2.05) is 19.2 Å². The standard InChI is InChI=1S/C14H18BrN3O/c1-17-13-7-10(15)4-5-12(13)18(9-14(17)19)8-11-3-2-6-16-11/h4-5,7,11,16H,2-3,6,8-9H2,1H3. The van der Waals surface area contributed by atoms with Crippen molar-refractivity contribution < 1.29 is 4.79 Å². The summed E-state index contributed by atoms with van der Waals surface area (Å²) in [6, 6.07) is 6.66. The molecule has 0 spiro atoms. The molecule has 1 amide bonds. The van der Waals surface area contributed by atoms with Crippen LogP contribution >= 0.6 is 15.9 Å². The minimum atomic E-state index is 0.156. The van der Waals surface area contributed by atoms with Crippen molar-refractivity contribution in [2.24, 2.45) is 0 Å². The number of amides is 1. The number of carbonyl (C=O) groups is 1. The molecule has 4 nitrogen and oxygen atoms in total. The molecule has 1 aromatic carbocycles. The van der Waals surface area contributed by atoms with Crippen LogP contribution in [0.15, 0.2) is 22.7 Å². The van der Waals surface area contributed by atoms with E-state index in [1.54, 1.807) is 4.90 Å². The number of halogens is 1. The van der Waals surface area contributed by atoms with Gasteiger partial charge in [-0.05, 0) is 37.6 Å². The van der Waals surface area contributed by atoms with Gasteiger partial charge >= 0.3 is 0 Å². The van der Waals surface area contributed by atoms with Crippen LogP contribution in [0.4, 0.5) is 11.4 Å². The molecule has 2 heterocycles. The summed E-state index contributed by atoms with van der Waals surface area (Å²) < 4.78 is 1.01. The Bertz CT molecular complexity index is 499. The van der Waals surface area contributed by atoms with Crippen LogP contribution in [0.25, 0.3) is 0 Å². The first-order valence-electron chi connectivity index (χ1n) is 6.69. The summed E-state index contributed by atoms with van der Waals surface area (Å²) in [5.74, 6) is 0.156. The van der Waals surface area contributed by atoms with Gasteiger partial charge in [0, 0.05) is 24.1 Å². The molecule has 0 aromatic heterocycles. The molecule has 0 aliphatic carbocycles. The highest BCUT2D eigenvalue weighted by Gasteiger charge is 2.29. The second-order valence-electron chi connectivity index (χ2n) is 5.26. The Kier molecular flexibility index (Phi) is 3.50. The van der Waals surface area contributed by atoms with E-state index in [0.29, 0.717) is 12.6 Å². The quantitative estimate of drug-likeness (QED) is 0.904. The molecule has 2 aliphatic rings. The molecule has 0 radical (unpaired) electrons. The van der Waals surface area contributed by atoms with Gasteiger partial charge in [-0.15, -0.1) is 0 Å². The van der Waals surface area contributed by atoms with E-state index in [2.05, 4.69) is 32.2 Å². The minimum absolute atomic E-state index is 0.156. The molecular weight excluding hydrogens is 306 g/mol. The lowest BCUT2D eigenvalue weighted by atomic mass is 10.1. The van der Waals surface area contributed by atoms with Crippen LogP contribution < -0.4 is 15.1 Å². The summed E-state index contributed by atoms with van der Waals surface area (Å²) >= 11 is 3.48. The predicted molar refractivity (Wildman–Crippen MR) is 80.8 cm³/mol. The predicted octanol–water partition coefficient (Wildman–Crippen LogP) is 1.98. The number of carbonyl (C=O) groups excluding carboxylic acids is 1. The van der Waals surface area contributed by atoms with Gasteiger partial charge in [-0.25, -0.2) is 0 Å². The number of nitrogens with one attached hydrogen (secondary N) is 1. The molecule has 1 fully saturated rings. The minimum Gasteiger partial charge on any atom is -0.359 e. The van der Waals surface area contributed by atoms with Crippen molar-refractivity contribution in [2.75, 3.05) is 36.5 Å². The van der Waals surface area contributed by atoms with Crippen LogP contribution in [0.5, 0.6) is 0 Å². The maximum atomic E-state index is 12.1. The van der Waals surface area contributed by atoms with Gasteiger partial charge in [-0.2, -0.15) is 0 Å². The largest absolute Gasteiger partial charge is 0.359 e. The number of likely N-dealkylation sites (N-methyl/N-ethyl adjacent to an activating group) is 1. The van der Waals surface area contributed by atoms with Gasteiger partial charge in [0.1, 0.15) is 0 Å². The van der Waals surface area contributed by atoms with Crippen molar-refractivity contribution >= 4 is 33.2 Å². The fourth-order valence-corrected chi connectivity index (χ4v) is 3.21. The summed E-state index contributed by atoms with van der Waals surface area (Å²) in [7, 11) is 1.85. The van der Waals surface area contributed by atoms with Crippen molar-refractivity contribution in [1.29, 1.82) is 0 Å². The smallest absolute Gasteiger partial charge is 0.246 e. The summed E-state index contributed by atoms with van der Waals surface area (Å²) in [6.07, 6.45) is 2.44. The van der Waals surface area contributed by atoms with Gasteiger partial charge in [0.15, 0.2) is 0 Å². The van der Waals surface area contributed by atoms with Crippen LogP contribution in [-0.4, -0.2) is 38.6 Å². The number of nitrogens with zero attached hydrogens (tertiary/aromatic N) is 2. The number of hydrogen-bond donors (Lipinski definition) is 1. The van der Waals surface area contributed by atoms with Gasteiger partial charge in [-0.3, -0.25) is 4.79 Å². The first-order valence-corrected chi connectivity index (χ1v) is 7.49. The summed E-state index contributed by atoms with van der Waals surface area (Å²) in [5.41, 5.74) is 2.14. The van der Waals surface area contributed by atoms with Gasteiger partial charge in [0.2, 0.25) is 5.91 Å². The molecule has 102 valence electrons. The average molecular weight is 324 g/mol. The molecule has 19 heavy (non-hydrogen) atoms. The Morgan fingerprint density at radius 2 is 2.26 bits per heavy atom. The number of anilines is 2. The van der Waals surface area contributed by atoms with Gasteiger partial charge in [0.05, 0.1) is 17.9 Å². The summed E-state index contributed by atoms with van der Waals surface area (Å²) in [4.78, 5) is 16.1. The van der Waals surface area contributed by atoms with Crippen molar-refractivity contribution in [3.05, 3.63) is 22.7 Å². The van der Waals surface area contributed by atoms with Crippen molar-refractivity contribution in [3.63, 3.8) is 0 Å². The summed E-state index contributed by atoms with van der Waals surface area (Å²) in [5, 5.41) is 3.50.